The Morgan fingerprint density at radius 2 is 1.90 bits per heavy atom. The molecule has 1 aliphatic heterocycles. The van der Waals surface area contributed by atoms with Gasteiger partial charge < -0.3 is 4.57 Å². The maximum atomic E-state index is 12.8. The number of hydrogen-bond donors (Lipinski definition) is 0. The first-order valence-corrected chi connectivity index (χ1v) is 9.47. The largest absolute Gasteiger partial charge is 0.337 e. The monoisotopic (exact) mass is 311 g/mol. The summed E-state index contributed by atoms with van der Waals surface area (Å²) in [5, 5.41) is -0.145. The molecule has 0 aromatic carbocycles. The van der Waals surface area contributed by atoms with Crippen molar-refractivity contribution in [3.05, 3.63) is 17.7 Å². The van der Waals surface area contributed by atoms with Gasteiger partial charge in [0, 0.05) is 32.3 Å². The van der Waals surface area contributed by atoms with Crippen LogP contribution in [0.4, 0.5) is 0 Å². The summed E-state index contributed by atoms with van der Waals surface area (Å²) in [6, 6.07) is 0. The van der Waals surface area contributed by atoms with Gasteiger partial charge in [-0.2, -0.15) is 0 Å². The Morgan fingerprint density at radius 3 is 2.52 bits per heavy atom. The van der Waals surface area contributed by atoms with Crippen molar-refractivity contribution in [1.82, 2.24) is 13.9 Å². The van der Waals surface area contributed by atoms with Crippen LogP contribution in [0.3, 0.4) is 0 Å². The second-order valence-electron chi connectivity index (χ2n) is 6.50. The molecule has 1 aromatic heterocycles. The highest BCUT2D eigenvalue weighted by Crippen LogP contribution is 2.32. The highest BCUT2D eigenvalue weighted by atomic mass is 32.2. The van der Waals surface area contributed by atoms with E-state index in [1.165, 1.54) is 6.42 Å². The molecule has 2 heterocycles. The van der Waals surface area contributed by atoms with Crippen LogP contribution in [-0.4, -0.2) is 40.6 Å². The highest BCUT2D eigenvalue weighted by Gasteiger charge is 2.38. The van der Waals surface area contributed by atoms with Crippen molar-refractivity contribution in [2.75, 3.05) is 13.1 Å². The molecule has 0 amide bonds. The van der Waals surface area contributed by atoms with Crippen LogP contribution >= 0.6 is 0 Å². The third-order valence-electron chi connectivity index (χ3n) is 4.88. The van der Waals surface area contributed by atoms with Gasteiger partial charge in [0.1, 0.15) is 5.82 Å². The number of nitrogens with zero attached hydrogens (tertiary/aromatic N) is 3. The first-order valence-electron chi connectivity index (χ1n) is 7.97. The van der Waals surface area contributed by atoms with Gasteiger partial charge in [-0.15, -0.1) is 0 Å². The number of sulfonamides is 1. The Hall–Kier alpha value is -0.880. The summed E-state index contributed by atoms with van der Waals surface area (Å²) in [6.45, 7) is 3.23. The van der Waals surface area contributed by atoms with Gasteiger partial charge >= 0.3 is 0 Å². The van der Waals surface area contributed by atoms with Gasteiger partial charge in [-0.1, -0.05) is 19.3 Å². The first kappa shape index (κ1) is 15.0. The SMILES string of the molecule is Cc1cn(C)c(C2CCN(S(=O)(=O)C3CCCCC3)C2)n1. The molecule has 2 aliphatic rings. The summed E-state index contributed by atoms with van der Waals surface area (Å²) in [7, 11) is -1.12. The van der Waals surface area contributed by atoms with Crippen molar-refractivity contribution in [3.8, 4) is 0 Å². The topological polar surface area (TPSA) is 55.2 Å². The average Bonchev–Trinajstić information content (AvgIpc) is 3.06. The molecule has 118 valence electrons. The van der Waals surface area contributed by atoms with E-state index in [1.54, 1.807) is 4.31 Å². The summed E-state index contributed by atoms with van der Waals surface area (Å²) >= 11 is 0. The molecular formula is C15H25N3O2S. The van der Waals surface area contributed by atoms with Crippen molar-refractivity contribution in [2.24, 2.45) is 7.05 Å². The zero-order valence-corrected chi connectivity index (χ0v) is 13.8. The molecule has 2 fully saturated rings. The van der Waals surface area contributed by atoms with Crippen LogP contribution in [-0.2, 0) is 17.1 Å². The van der Waals surface area contributed by atoms with Gasteiger partial charge in [0.25, 0.3) is 0 Å². The second kappa shape index (κ2) is 5.72. The lowest BCUT2D eigenvalue weighted by molar-refractivity contribution is 0.425. The number of hydrogen-bond acceptors (Lipinski definition) is 3. The molecule has 1 saturated heterocycles. The number of aryl methyl sites for hydroxylation is 2. The minimum Gasteiger partial charge on any atom is -0.337 e. The molecule has 3 rings (SSSR count). The van der Waals surface area contributed by atoms with Crippen molar-refractivity contribution < 1.29 is 8.42 Å². The maximum Gasteiger partial charge on any atom is 0.217 e. The molecule has 1 atom stereocenters. The van der Waals surface area contributed by atoms with Crippen molar-refractivity contribution in [3.63, 3.8) is 0 Å². The molecule has 0 spiro atoms. The minimum absolute atomic E-state index is 0.145. The van der Waals surface area contributed by atoms with Gasteiger partial charge in [-0.25, -0.2) is 17.7 Å². The van der Waals surface area contributed by atoms with Crippen molar-refractivity contribution >= 4 is 10.0 Å². The minimum atomic E-state index is -3.11. The zero-order chi connectivity index (χ0) is 15.0. The molecule has 1 unspecified atom stereocenters. The third kappa shape index (κ3) is 2.88. The molecule has 0 N–H and O–H groups in total. The molecule has 1 aliphatic carbocycles. The fourth-order valence-electron chi connectivity index (χ4n) is 3.76. The third-order valence-corrected chi connectivity index (χ3v) is 7.25. The fourth-order valence-corrected chi connectivity index (χ4v) is 5.86. The van der Waals surface area contributed by atoms with Gasteiger partial charge in [-0.3, -0.25) is 0 Å². The summed E-state index contributed by atoms with van der Waals surface area (Å²) in [5.74, 6) is 1.26. The Labute approximate surface area is 127 Å². The molecule has 0 radical (unpaired) electrons. The average molecular weight is 311 g/mol. The van der Waals surface area contributed by atoms with E-state index in [2.05, 4.69) is 4.98 Å². The summed E-state index contributed by atoms with van der Waals surface area (Å²) in [6.07, 6.45) is 7.86. The normalized spacial score (nSPS) is 25.5. The van der Waals surface area contributed by atoms with Crippen LogP contribution < -0.4 is 0 Å². The molecule has 1 saturated carbocycles. The van der Waals surface area contributed by atoms with Crippen LogP contribution in [0, 0.1) is 6.92 Å². The molecular weight excluding hydrogens is 286 g/mol. The molecule has 6 heteroatoms. The van der Waals surface area contributed by atoms with Crippen molar-refractivity contribution in [2.45, 2.75) is 56.6 Å². The van der Waals surface area contributed by atoms with Gasteiger partial charge in [0.2, 0.25) is 10.0 Å². The van der Waals surface area contributed by atoms with E-state index in [-0.39, 0.29) is 11.2 Å². The standard InChI is InChI=1S/C15H25N3O2S/c1-12-10-17(2)15(16-12)13-8-9-18(11-13)21(19,20)14-6-4-3-5-7-14/h10,13-14H,3-9,11H2,1-2H3. The van der Waals surface area contributed by atoms with E-state index < -0.39 is 10.0 Å². The quantitative estimate of drug-likeness (QED) is 0.860. The lowest BCUT2D eigenvalue weighted by Crippen LogP contribution is -2.38. The lowest BCUT2D eigenvalue weighted by Gasteiger charge is -2.27. The number of imidazole rings is 1. The Bertz CT molecular complexity index is 602. The van der Waals surface area contributed by atoms with E-state index in [1.807, 2.05) is 24.7 Å². The van der Waals surface area contributed by atoms with Crippen LogP contribution in [0.15, 0.2) is 6.20 Å². The maximum absolute atomic E-state index is 12.8. The van der Waals surface area contributed by atoms with Gasteiger partial charge in [0.15, 0.2) is 0 Å². The zero-order valence-electron chi connectivity index (χ0n) is 13.0. The van der Waals surface area contributed by atoms with Crippen LogP contribution in [0.2, 0.25) is 0 Å². The van der Waals surface area contributed by atoms with E-state index in [4.69, 9.17) is 0 Å². The lowest BCUT2D eigenvalue weighted by atomic mass is 10.0. The van der Waals surface area contributed by atoms with Crippen LogP contribution in [0.1, 0.15) is 56.0 Å². The molecule has 0 bridgehead atoms. The summed E-state index contributed by atoms with van der Waals surface area (Å²) in [4.78, 5) is 4.56. The van der Waals surface area contributed by atoms with Gasteiger partial charge in [-0.05, 0) is 26.2 Å². The van der Waals surface area contributed by atoms with Gasteiger partial charge in [0.05, 0.1) is 10.9 Å². The summed E-state index contributed by atoms with van der Waals surface area (Å²) in [5.41, 5.74) is 1.00. The highest BCUT2D eigenvalue weighted by molar-refractivity contribution is 7.89. The van der Waals surface area contributed by atoms with E-state index >= 15 is 0 Å². The fraction of sp³-hybridized carbons (Fsp3) is 0.800. The van der Waals surface area contributed by atoms with Crippen LogP contribution in [0.25, 0.3) is 0 Å². The molecule has 21 heavy (non-hydrogen) atoms. The number of rotatable bonds is 3. The smallest absolute Gasteiger partial charge is 0.217 e. The van der Waals surface area contributed by atoms with E-state index in [0.717, 1.165) is 43.6 Å². The number of aromatic nitrogens is 2. The molecule has 1 aromatic rings. The predicted molar refractivity (Wildman–Crippen MR) is 82.7 cm³/mol. The Kier molecular flexibility index (Phi) is 4.10. The van der Waals surface area contributed by atoms with Crippen molar-refractivity contribution in [1.29, 1.82) is 0 Å². The van der Waals surface area contributed by atoms with E-state index in [0.29, 0.717) is 13.1 Å². The first-order chi connectivity index (χ1) is 9.98. The second-order valence-corrected chi connectivity index (χ2v) is 8.71. The Balaban J connectivity index is 1.73. The van der Waals surface area contributed by atoms with Crippen LogP contribution in [0.5, 0.6) is 0 Å². The Morgan fingerprint density at radius 1 is 1.19 bits per heavy atom. The predicted octanol–water partition coefficient (Wildman–Crippen LogP) is 2.18. The molecule has 5 nitrogen and oxygen atoms in total. The van der Waals surface area contributed by atoms with E-state index in [9.17, 15) is 8.42 Å². The summed E-state index contributed by atoms with van der Waals surface area (Å²) < 4.78 is 29.3.